The number of nitrogens with one attached hydrogen (secondary N) is 1. The number of benzene rings is 1. The van der Waals surface area contributed by atoms with Crippen LogP contribution in [-0.2, 0) is 0 Å². The van der Waals surface area contributed by atoms with E-state index >= 15 is 0 Å². The highest BCUT2D eigenvalue weighted by Gasteiger charge is 2.32. The summed E-state index contributed by atoms with van der Waals surface area (Å²) in [6, 6.07) is 5.56. The molecule has 2 heterocycles. The first-order valence-corrected chi connectivity index (χ1v) is 7.21. The number of hydrogen-bond acceptors (Lipinski definition) is 4. The molecule has 1 aromatic carbocycles. The van der Waals surface area contributed by atoms with Crippen LogP contribution < -0.4 is 5.32 Å². The summed E-state index contributed by atoms with van der Waals surface area (Å²) >= 11 is 0. The summed E-state index contributed by atoms with van der Waals surface area (Å²) in [6.07, 6.45) is 2.17. The second kappa shape index (κ2) is 6.12. The van der Waals surface area contributed by atoms with Crippen molar-refractivity contribution in [1.29, 1.82) is 5.26 Å². The quantitative estimate of drug-likeness (QED) is 0.853. The third kappa shape index (κ3) is 2.78. The van der Waals surface area contributed by atoms with Crippen molar-refractivity contribution in [2.45, 2.75) is 12.5 Å². The fourth-order valence-electron chi connectivity index (χ4n) is 2.75. The highest BCUT2D eigenvalue weighted by molar-refractivity contribution is 5.78. The molecule has 0 saturated carbocycles. The minimum absolute atomic E-state index is 0.178. The lowest BCUT2D eigenvalue weighted by atomic mass is 10.0. The number of carbonyl (C=O) groups is 1. The number of amides is 2. The van der Waals surface area contributed by atoms with Gasteiger partial charge in [-0.3, -0.25) is 0 Å². The molecule has 2 aliphatic heterocycles. The zero-order valence-electron chi connectivity index (χ0n) is 12.0. The van der Waals surface area contributed by atoms with E-state index in [2.05, 4.69) is 10.4 Å². The molecule has 0 bridgehead atoms. The topological polar surface area (TPSA) is 71.7 Å². The molecule has 1 atom stereocenters. The Kier molecular flexibility index (Phi) is 4.02. The van der Waals surface area contributed by atoms with Gasteiger partial charge in [-0.25, -0.2) is 14.2 Å². The summed E-state index contributed by atoms with van der Waals surface area (Å²) in [4.78, 5) is 14.3. The second-order valence-corrected chi connectivity index (χ2v) is 5.30. The number of rotatable bonds is 1. The SMILES string of the molecule is N#Cc1cc(F)cc(C2CC=NN2C(=O)N2CCNCC2)c1. The monoisotopic (exact) mass is 301 g/mol. The molecule has 1 unspecified atom stereocenters. The lowest BCUT2D eigenvalue weighted by Crippen LogP contribution is -2.50. The Morgan fingerprint density at radius 3 is 2.86 bits per heavy atom. The third-order valence-corrected chi connectivity index (χ3v) is 3.85. The van der Waals surface area contributed by atoms with Crippen molar-refractivity contribution in [1.82, 2.24) is 15.2 Å². The van der Waals surface area contributed by atoms with E-state index in [0.717, 1.165) is 13.1 Å². The lowest BCUT2D eigenvalue weighted by Gasteiger charge is -2.32. The van der Waals surface area contributed by atoms with Crippen LogP contribution in [-0.4, -0.2) is 48.3 Å². The van der Waals surface area contributed by atoms with E-state index in [1.807, 2.05) is 6.07 Å². The first kappa shape index (κ1) is 14.5. The van der Waals surface area contributed by atoms with Crippen LogP contribution >= 0.6 is 0 Å². The fraction of sp³-hybridized carbons (Fsp3) is 0.400. The molecule has 6 nitrogen and oxygen atoms in total. The third-order valence-electron chi connectivity index (χ3n) is 3.85. The Labute approximate surface area is 127 Å². The number of hydrogen-bond donors (Lipinski definition) is 1. The summed E-state index contributed by atoms with van der Waals surface area (Å²) < 4.78 is 13.6. The number of carbonyl (C=O) groups excluding carboxylic acids is 1. The van der Waals surface area contributed by atoms with Crippen molar-refractivity contribution in [3.63, 3.8) is 0 Å². The molecule has 2 amide bonds. The van der Waals surface area contributed by atoms with E-state index in [9.17, 15) is 9.18 Å². The zero-order valence-corrected chi connectivity index (χ0v) is 12.0. The molecular weight excluding hydrogens is 285 g/mol. The van der Waals surface area contributed by atoms with E-state index in [1.54, 1.807) is 17.2 Å². The molecule has 0 aromatic heterocycles. The zero-order chi connectivity index (χ0) is 15.5. The van der Waals surface area contributed by atoms with Crippen molar-refractivity contribution in [2.24, 2.45) is 5.10 Å². The van der Waals surface area contributed by atoms with Gasteiger partial charge in [-0.1, -0.05) is 0 Å². The van der Waals surface area contributed by atoms with Crippen molar-refractivity contribution in [3.8, 4) is 6.07 Å². The summed E-state index contributed by atoms with van der Waals surface area (Å²) in [6.45, 7) is 2.77. The van der Waals surface area contributed by atoms with Gasteiger partial charge in [0.05, 0.1) is 17.7 Å². The van der Waals surface area contributed by atoms with Crippen LogP contribution in [0.4, 0.5) is 9.18 Å². The van der Waals surface area contributed by atoms with Crippen LogP contribution in [0, 0.1) is 17.1 Å². The first-order valence-electron chi connectivity index (χ1n) is 7.21. The van der Waals surface area contributed by atoms with E-state index in [1.165, 1.54) is 17.1 Å². The standard InChI is InChI=1S/C15H16FN5O/c16-13-8-11(10-17)7-12(9-13)14-1-2-19-21(14)15(22)20-5-3-18-4-6-20/h2,7-9,14,18H,1,3-6H2. The van der Waals surface area contributed by atoms with Crippen LogP contribution in [0.3, 0.4) is 0 Å². The maximum Gasteiger partial charge on any atom is 0.341 e. The van der Waals surface area contributed by atoms with Gasteiger partial charge in [0, 0.05) is 38.8 Å². The fourth-order valence-corrected chi connectivity index (χ4v) is 2.75. The van der Waals surface area contributed by atoms with Crippen LogP contribution in [0.5, 0.6) is 0 Å². The van der Waals surface area contributed by atoms with Crippen LogP contribution in [0.15, 0.2) is 23.3 Å². The summed E-state index contributed by atoms with van der Waals surface area (Å²) in [7, 11) is 0. The number of urea groups is 1. The lowest BCUT2D eigenvalue weighted by molar-refractivity contribution is 0.136. The maximum absolute atomic E-state index is 13.6. The predicted octanol–water partition coefficient (Wildman–Crippen LogP) is 1.46. The molecule has 0 spiro atoms. The van der Waals surface area contributed by atoms with Crippen LogP contribution in [0.25, 0.3) is 0 Å². The molecule has 114 valence electrons. The smallest absolute Gasteiger partial charge is 0.321 e. The Morgan fingerprint density at radius 1 is 1.36 bits per heavy atom. The number of nitriles is 1. The molecule has 0 radical (unpaired) electrons. The average Bonchev–Trinajstić information content (AvgIpc) is 3.04. The molecule has 7 heteroatoms. The molecule has 22 heavy (non-hydrogen) atoms. The van der Waals surface area contributed by atoms with E-state index in [0.29, 0.717) is 25.1 Å². The van der Waals surface area contributed by atoms with Gasteiger partial charge in [0.2, 0.25) is 0 Å². The highest BCUT2D eigenvalue weighted by atomic mass is 19.1. The molecule has 2 aliphatic rings. The van der Waals surface area contributed by atoms with Gasteiger partial charge in [0.1, 0.15) is 5.82 Å². The van der Waals surface area contributed by atoms with Gasteiger partial charge in [0.15, 0.2) is 0 Å². The normalized spacial score (nSPS) is 21.0. The van der Waals surface area contributed by atoms with Crippen molar-refractivity contribution in [3.05, 3.63) is 35.1 Å². The molecule has 0 aliphatic carbocycles. The van der Waals surface area contributed by atoms with Crippen molar-refractivity contribution >= 4 is 12.2 Å². The highest BCUT2D eigenvalue weighted by Crippen LogP contribution is 2.30. The Balaban J connectivity index is 1.83. The summed E-state index contributed by atoms with van der Waals surface area (Å²) in [5, 5.41) is 17.7. The summed E-state index contributed by atoms with van der Waals surface area (Å²) in [5.74, 6) is -0.476. The minimum atomic E-state index is -0.476. The van der Waals surface area contributed by atoms with Crippen molar-refractivity contribution < 1.29 is 9.18 Å². The Bertz CT molecular complexity index is 648. The largest absolute Gasteiger partial charge is 0.341 e. The van der Waals surface area contributed by atoms with Gasteiger partial charge in [-0.15, -0.1) is 0 Å². The van der Waals surface area contributed by atoms with E-state index in [4.69, 9.17) is 5.26 Å². The molecule has 1 fully saturated rings. The van der Waals surface area contributed by atoms with Crippen LogP contribution in [0.2, 0.25) is 0 Å². The molecule has 1 N–H and O–H groups in total. The van der Waals surface area contributed by atoms with Gasteiger partial charge in [0.25, 0.3) is 0 Å². The molecule has 3 rings (SSSR count). The number of nitrogens with zero attached hydrogens (tertiary/aromatic N) is 4. The Hall–Kier alpha value is -2.46. The molecule has 1 aromatic rings. The van der Waals surface area contributed by atoms with Gasteiger partial charge in [-0.2, -0.15) is 10.4 Å². The van der Waals surface area contributed by atoms with E-state index in [-0.39, 0.29) is 17.6 Å². The number of hydrazone groups is 1. The van der Waals surface area contributed by atoms with Gasteiger partial charge in [-0.05, 0) is 23.8 Å². The molecular formula is C15H16FN5O. The summed E-state index contributed by atoms with van der Waals surface area (Å²) in [5.41, 5.74) is 0.842. The van der Waals surface area contributed by atoms with Crippen molar-refractivity contribution in [2.75, 3.05) is 26.2 Å². The number of halogens is 1. The van der Waals surface area contributed by atoms with E-state index < -0.39 is 5.82 Å². The van der Waals surface area contributed by atoms with Gasteiger partial charge < -0.3 is 10.2 Å². The minimum Gasteiger partial charge on any atom is -0.321 e. The number of piperazine rings is 1. The predicted molar refractivity (Wildman–Crippen MR) is 78.6 cm³/mol. The molecule has 1 saturated heterocycles. The average molecular weight is 301 g/mol. The first-order chi connectivity index (χ1) is 10.7. The second-order valence-electron chi connectivity index (χ2n) is 5.30. The Morgan fingerprint density at radius 2 is 2.14 bits per heavy atom. The van der Waals surface area contributed by atoms with Crippen LogP contribution in [0.1, 0.15) is 23.6 Å². The maximum atomic E-state index is 13.6. The van der Waals surface area contributed by atoms with Gasteiger partial charge >= 0.3 is 6.03 Å².